The van der Waals surface area contributed by atoms with Gasteiger partial charge in [0.25, 0.3) is 0 Å². The normalized spacial score (nSPS) is 15.5. The fourth-order valence-electron chi connectivity index (χ4n) is 5.88. The lowest BCUT2D eigenvalue weighted by atomic mass is 9.95. The quantitative estimate of drug-likeness (QED) is 0.200. The standard InChI is InChI=1S/C40H38N6/c1-5-27(2)28-19-21-34(36(23-28)41-29-13-8-6-9-14-29)38-25-32-17-12-18-33-26-39(44-40(43-38)46(32)33)35-22-20-31(45(3)4)24-37(35)42-30-15-10-7-11-16-30/h6-27,41-42H,5H2,1-4H3. The summed E-state index contributed by atoms with van der Waals surface area (Å²) >= 11 is 0. The van der Waals surface area contributed by atoms with Crippen molar-refractivity contribution in [3.05, 3.63) is 156 Å². The second kappa shape index (κ2) is 12.4. The van der Waals surface area contributed by atoms with Crippen molar-refractivity contribution in [2.45, 2.75) is 26.2 Å². The molecule has 46 heavy (non-hydrogen) atoms. The Morgan fingerprint density at radius 3 is 2.09 bits per heavy atom. The number of nitrogens with zero attached hydrogens (tertiary/aromatic N) is 4. The minimum atomic E-state index is 0.453. The Kier molecular flexibility index (Phi) is 7.85. The number of benzene rings is 4. The molecule has 0 aliphatic carbocycles. The van der Waals surface area contributed by atoms with Crippen molar-refractivity contribution in [1.29, 1.82) is 0 Å². The fourth-order valence-corrected chi connectivity index (χ4v) is 5.88. The van der Waals surface area contributed by atoms with Crippen LogP contribution in [-0.2, 0) is 0 Å². The summed E-state index contributed by atoms with van der Waals surface area (Å²) in [4.78, 5) is 14.7. The largest absolute Gasteiger partial charge is 0.378 e. The minimum Gasteiger partial charge on any atom is -0.378 e. The average Bonchev–Trinajstić information content (AvgIpc) is 3.08. The van der Waals surface area contributed by atoms with Gasteiger partial charge in [0, 0.05) is 48.0 Å². The maximum atomic E-state index is 5.22. The van der Waals surface area contributed by atoms with E-state index in [1.54, 1.807) is 0 Å². The summed E-state index contributed by atoms with van der Waals surface area (Å²) in [5.74, 6) is 1.11. The molecule has 0 spiro atoms. The lowest BCUT2D eigenvalue weighted by Crippen LogP contribution is -2.34. The Bertz CT molecular complexity index is 1960. The van der Waals surface area contributed by atoms with Gasteiger partial charge in [0.05, 0.1) is 28.5 Å². The van der Waals surface area contributed by atoms with Gasteiger partial charge in [-0.15, -0.1) is 0 Å². The van der Waals surface area contributed by atoms with E-state index in [9.17, 15) is 0 Å². The number of nitrogens with one attached hydrogen (secondary N) is 2. The Morgan fingerprint density at radius 1 is 0.739 bits per heavy atom. The zero-order chi connectivity index (χ0) is 31.6. The molecule has 4 aromatic rings. The molecule has 1 atom stereocenters. The molecule has 0 radical (unpaired) electrons. The predicted octanol–water partition coefficient (Wildman–Crippen LogP) is 9.61. The summed E-state index contributed by atoms with van der Waals surface area (Å²) in [6.07, 6.45) is 11.7. The molecule has 6 nitrogen and oxygen atoms in total. The SMILES string of the molecule is CCC(C)c1ccc(C2=CC3=CC=CC4=CC(c5ccc(N(C)C)cc5Nc5ccccc5)=NC(=N2)N34)c(Nc2ccccc2)c1. The molecule has 6 heteroatoms. The van der Waals surface area contributed by atoms with E-state index in [0.29, 0.717) is 11.9 Å². The van der Waals surface area contributed by atoms with Gasteiger partial charge in [-0.05, 0) is 90.7 Å². The first-order valence-corrected chi connectivity index (χ1v) is 15.9. The number of hydrogen-bond acceptors (Lipinski definition) is 6. The maximum Gasteiger partial charge on any atom is 0.235 e. The Labute approximate surface area is 271 Å². The molecule has 0 saturated carbocycles. The van der Waals surface area contributed by atoms with Crippen LogP contribution in [0.15, 0.2) is 149 Å². The van der Waals surface area contributed by atoms with Crippen molar-refractivity contribution in [3.63, 3.8) is 0 Å². The summed E-state index contributed by atoms with van der Waals surface area (Å²) in [6, 6.07) is 33.7. The van der Waals surface area contributed by atoms with E-state index >= 15 is 0 Å². The molecule has 2 N–H and O–H groups in total. The summed E-state index contributed by atoms with van der Waals surface area (Å²) in [5, 5.41) is 7.32. The van der Waals surface area contributed by atoms with Crippen LogP contribution in [-0.4, -0.2) is 30.7 Å². The van der Waals surface area contributed by atoms with Crippen LogP contribution in [0, 0.1) is 0 Å². The van der Waals surface area contributed by atoms with Crippen molar-refractivity contribution < 1.29 is 0 Å². The van der Waals surface area contributed by atoms with Crippen molar-refractivity contribution in [3.8, 4) is 0 Å². The topological polar surface area (TPSA) is 55.3 Å². The molecule has 0 amide bonds. The predicted molar refractivity (Wildman–Crippen MR) is 194 cm³/mol. The zero-order valence-corrected chi connectivity index (χ0v) is 26.7. The zero-order valence-electron chi connectivity index (χ0n) is 26.7. The summed E-state index contributed by atoms with van der Waals surface area (Å²) < 4.78 is 0. The van der Waals surface area contributed by atoms with Gasteiger partial charge in [-0.25, -0.2) is 9.98 Å². The highest BCUT2D eigenvalue weighted by molar-refractivity contribution is 6.20. The van der Waals surface area contributed by atoms with Crippen LogP contribution in [0.25, 0.3) is 5.70 Å². The highest BCUT2D eigenvalue weighted by Gasteiger charge is 2.30. The first kappa shape index (κ1) is 29.1. The maximum absolute atomic E-state index is 5.22. The number of para-hydroxylation sites is 2. The third-order valence-electron chi connectivity index (χ3n) is 8.66. The first-order chi connectivity index (χ1) is 22.5. The van der Waals surface area contributed by atoms with E-state index in [2.05, 4.69) is 152 Å². The van der Waals surface area contributed by atoms with Gasteiger partial charge in [-0.1, -0.05) is 68.5 Å². The molecule has 0 bridgehead atoms. The van der Waals surface area contributed by atoms with Gasteiger partial charge < -0.3 is 15.5 Å². The highest BCUT2D eigenvalue weighted by Crippen LogP contribution is 2.38. The van der Waals surface area contributed by atoms with Crippen LogP contribution in [0.2, 0.25) is 0 Å². The first-order valence-electron chi connectivity index (χ1n) is 15.9. The lowest BCUT2D eigenvalue weighted by molar-refractivity contribution is 0.648. The van der Waals surface area contributed by atoms with Crippen LogP contribution in [0.5, 0.6) is 0 Å². The number of allylic oxidation sites excluding steroid dienone is 5. The molecular formula is C40H38N6. The Hall–Kier alpha value is -5.62. The Balaban J connectivity index is 1.33. The average molecular weight is 603 g/mol. The Morgan fingerprint density at radius 2 is 1.41 bits per heavy atom. The highest BCUT2D eigenvalue weighted by atomic mass is 15.3. The van der Waals surface area contributed by atoms with Crippen LogP contribution < -0.4 is 15.5 Å². The van der Waals surface area contributed by atoms with E-state index in [1.165, 1.54) is 5.56 Å². The van der Waals surface area contributed by atoms with E-state index in [1.807, 2.05) is 24.3 Å². The smallest absolute Gasteiger partial charge is 0.235 e. The van der Waals surface area contributed by atoms with E-state index in [0.717, 1.165) is 68.8 Å². The number of anilines is 5. The molecule has 0 fully saturated rings. The third-order valence-corrected chi connectivity index (χ3v) is 8.66. The third kappa shape index (κ3) is 5.77. The molecule has 3 aliphatic heterocycles. The summed E-state index contributed by atoms with van der Waals surface area (Å²) in [7, 11) is 4.11. The fraction of sp³-hybridized carbons (Fsp3) is 0.150. The number of aliphatic imine (C=N–C) groups is 2. The van der Waals surface area contributed by atoms with Crippen molar-refractivity contribution in [2.24, 2.45) is 9.98 Å². The van der Waals surface area contributed by atoms with Crippen molar-refractivity contribution in [1.82, 2.24) is 4.90 Å². The van der Waals surface area contributed by atoms with Gasteiger partial charge in [0.15, 0.2) is 0 Å². The number of guanidine groups is 1. The number of hydrogen-bond donors (Lipinski definition) is 2. The monoisotopic (exact) mass is 602 g/mol. The van der Waals surface area contributed by atoms with Crippen LogP contribution in [0.1, 0.15) is 42.9 Å². The lowest BCUT2D eigenvalue weighted by Gasteiger charge is -2.34. The molecule has 228 valence electrons. The van der Waals surface area contributed by atoms with Gasteiger partial charge in [0.1, 0.15) is 0 Å². The van der Waals surface area contributed by atoms with Gasteiger partial charge >= 0.3 is 0 Å². The van der Waals surface area contributed by atoms with E-state index < -0.39 is 0 Å². The van der Waals surface area contributed by atoms with Crippen LogP contribution in [0.4, 0.5) is 28.4 Å². The summed E-state index contributed by atoms with van der Waals surface area (Å²) in [6.45, 7) is 4.51. The van der Waals surface area contributed by atoms with Gasteiger partial charge in [-0.3, -0.25) is 4.90 Å². The number of rotatable bonds is 9. The van der Waals surface area contributed by atoms with E-state index in [4.69, 9.17) is 9.98 Å². The minimum absolute atomic E-state index is 0.453. The van der Waals surface area contributed by atoms with Crippen LogP contribution >= 0.6 is 0 Å². The second-order valence-electron chi connectivity index (χ2n) is 12.0. The van der Waals surface area contributed by atoms with E-state index in [-0.39, 0.29) is 0 Å². The second-order valence-corrected chi connectivity index (χ2v) is 12.0. The molecular weight excluding hydrogens is 564 g/mol. The van der Waals surface area contributed by atoms with Gasteiger partial charge in [-0.2, -0.15) is 0 Å². The van der Waals surface area contributed by atoms with Gasteiger partial charge in [0.2, 0.25) is 5.96 Å². The molecule has 3 heterocycles. The summed E-state index contributed by atoms with van der Waals surface area (Å²) in [5.41, 5.74) is 12.3. The molecule has 0 saturated heterocycles. The molecule has 7 rings (SSSR count). The molecule has 1 unspecified atom stereocenters. The van der Waals surface area contributed by atoms with Crippen molar-refractivity contribution >= 4 is 45.8 Å². The van der Waals surface area contributed by atoms with Crippen LogP contribution in [0.3, 0.4) is 0 Å². The molecule has 0 aromatic heterocycles. The molecule has 4 aromatic carbocycles. The molecule has 3 aliphatic rings. The van der Waals surface area contributed by atoms with Crippen molar-refractivity contribution in [2.75, 3.05) is 29.6 Å².